The third-order valence-corrected chi connectivity index (χ3v) is 6.71. The summed E-state index contributed by atoms with van der Waals surface area (Å²) in [7, 11) is 0. The molecule has 4 aromatic rings. The van der Waals surface area contributed by atoms with Crippen LogP contribution in [0.3, 0.4) is 0 Å². The second kappa shape index (κ2) is 11.2. The minimum atomic E-state index is -0.129. The third-order valence-electron chi connectivity index (χ3n) is 5.79. The van der Waals surface area contributed by atoms with E-state index in [0.29, 0.717) is 31.9 Å². The number of para-hydroxylation sites is 1. The Hall–Kier alpha value is -3.65. The van der Waals surface area contributed by atoms with E-state index in [-0.39, 0.29) is 18.2 Å². The van der Waals surface area contributed by atoms with Crippen LogP contribution in [0.1, 0.15) is 26.5 Å². The average Bonchev–Trinajstić information content (AvgIpc) is 3.47. The standard InChI is InChI=1S/C27H30N4O3S/c1-4-30(5-2)26(33)17-31-14-13-19-15-20(11-12-23(19)31)28-25(32)16-21-18-35-27(29-21)22-9-7-8-10-24(22)34-6-3/h7-15,18H,4-6,16-17H2,1-3H3,(H,28,32). The van der Waals surface area contributed by atoms with Gasteiger partial charge in [0, 0.05) is 41.3 Å². The molecule has 0 aliphatic heterocycles. The van der Waals surface area contributed by atoms with Crippen LogP contribution in [0.15, 0.2) is 60.1 Å². The maximum Gasteiger partial charge on any atom is 0.242 e. The zero-order valence-corrected chi connectivity index (χ0v) is 21.1. The number of nitrogens with one attached hydrogen (secondary N) is 1. The van der Waals surface area contributed by atoms with Crippen molar-refractivity contribution in [3.8, 4) is 16.3 Å². The van der Waals surface area contributed by atoms with E-state index < -0.39 is 0 Å². The molecule has 35 heavy (non-hydrogen) atoms. The van der Waals surface area contributed by atoms with Crippen LogP contribution in [-0.4, -0.2) is 46.0 Å². The highest BCUT2D eigenvalue weighted by Crippen LogP contribution is 2.32. The molecule has 2 amide bonds. The summed E-state index contributed by atoms with van der Waals surface area (Å²) in [4.78, 5) is 31.7. The Morgan fingerprint density at radius 3 is 2.66 bits per heavy atom. The number of fused-ring (bicyclic) bond motifs is 1. The lowest BCUT2D eigenvalue weighted by molar-refractivity contribution is -0.131. The van der Waals surface area contributed by atoms with Gasteiger partial charge in [-0.05, 0) is 57.2 Å². The number of thiazole rings is 1. The fourth-order valence-electron chi connectivity index (χ4n) is 4.04. The first-order valence-electron chi connectivity index (χ1n) is 11.9. The summed E-state index contributed by atoms with van der Waals surface area (Å²) in [6.07, 6.45) is 2.10. The van der Waals surface area contributed by atoms with Gasteiger partial charge in [-0.1, -0.05) is 12.1 Å². The van der Waals surface area contributed by atoms with E-state index >= 15 is 0 Å². The summed E-state index contributed by atoms with van der Waals surface area (Å²) in [6.45, 7) is 8.20. The number of aromatic nitrogens is 2. The van der Waals surface area contributed by atoms with Crippen LogP contribution in [0.5, 0.6) is 5.75 Å². The Bertz CT molecular complexity index is 1320. The molecule has 0 aliphatic carbocycles. The van der Waals surface area contributed by atoms with Crippen molar-refractivity contribution in [2.75, 3.05) is 25.0 Å². The Morgan fingerprint density at radius 1 is 1.09 bits per heavy atom. The SMILES string of the molecule is CCOc1ccccc1-c1nc(CC(=O)Nc2ccc3c(ccn3CC(=O)N(CC)CC)c2)cs1. The number of anilines is 1. The van der Waals surface area contributed by atoms with E-state index in [1.165, 1.54) is 11.3 Å². The van der Waals surface area contributed by atoms with Gasteiger partial charge in [-0.2, -0.15) is 0 Å². The highest BCUT2D eigenvalue weighted by atomic mass is 32.1. The van der Waals surface area contributed by atoms with Crippen LogP contribution in [0.25, 0.3) is 21.5 Å². The van der Waals surface area contributed by atoms with Crippen LogP contribution in [-0.2, 0) is 22.6 Å². The zero-order chi connectivity index (χ0) is 24.8. The first kappa shape index (κ1) is 24.5. The second-order valence-electron chi connectivity index (χ2n) is 8.08. The zero-order valence-electron chi connectivity index (χ0n) is 20.3. The molecule has 1 N–H and O–H groups in total. The van der Waals surface area contributed by atoms with Crippen molar-refractivity contribution in [1.82, 2.24) is 14.5 Å². The highest BCUT2D eigenvalue weighted by Gasteiger charge is 2.14. The van der Waals surface area contributed by atoms with Gasteiger partial charge in [0.15, 0.2) is 0 Å². The van der Waals surface area contributed by atoms with Gasteiger partial charge in [-0.25, -0.2) is 4.98 Å². The molecule has 4 rings (SSSR count). The average molecular weight is 491 g/mol. The molecular weight excluding hydrogens is 460 g/mol. The lowest BCUT2D eigenvalue weighted by Crippen LogP contribution is -2.33. The lowest BCUT2D eigenvalue weighted by Gasteiger charge is -2.19. The van der Waals surface area contributed by atoms with Gasteiger partial charge in [0.25, 0.3) is 0 Å². The highest BCUT2D eigenvalue weighted by molar-refractivity contribution is 7.13. The molecule has 8 heteroatoms. The van der Waals surface area contributed by atoms with Crippen LogP contribution in [0, 0.1) is 0 Å². The number of benzene rings is 2. The van der Waals surface area contributed by atoms with Gasteiger partial charge in [0.2, 0.25) is 11.8 Å². The monoisotopic (exact) mass is 490 g/mol. The van der Waals surface area contributed by atoms with Crippen molar-refractivity contribution in [2.45, 2.75) is 33.7 Å². The predicted octanol–water partition coefficient (Wildman–Crippen LogP) is 5.21. The summed E-state index contributed by atoms with van der Waals surface area (Å²) in [5, 5.41) is 6.68. The number of hydrogen-bond donors (Lipinski definition) is 1. The summed E-state index contributed by atoms with van der Waals surface area (Å²) in [6, 6.07) is 15.5. The van der Waals surface area contributed by atoms with E-state index in [0.717, 1.165) is 32.9 Å². The molecule has 0 fully saturated rings. The maximum atomic E-state index is 12.7. The minimum Gasteiger partial charge on any atom is -0.493 e. The first-order chi connectivity index (χ1) is 17.0. The van der Waals surface area contributed by atoms with Gasteiger partial charge >= 0.3 is 0 Å². The molecule has 182 valence electrons. The number of carbonyl (C=O) groups is 2. The normalized spacial score (nSPS) is 10.9. The van der Waals surface area contributed by atoms with Crippen molar-refractivity contribution in [3.63, 3.8) is 0 Å². The fourth-order valence-corrected chi connectivity index (χ4v) is 4.89. The lowest BCUT2D eigenvalue weighted by atomic mass is 10.2. The number of hydrogen-bond acceptors (Lipinski definition) is 5. The van der Waals surface area contributed by atoms with Gasteiger partial charge in [-0.15, -0.1) is 11.3 Å². The molecule has 2 aromatic carbocycles. The quantitative estimate of drug-likeness (QED) is 0.331. The van der Waals surface area contributed by atoms with Gasteiger partial charge in [0.1, 0.15) is 17.3 Å². The Balaban J connectivity index is 1.41. The second-order valence-corrected chi connectivity index (χ2v) is 8.94. The fraction of sp³-hybridized carbons (Fsp3) is 0.296. The third kappa shape index (κ3) is 5.71. The number of amides is 2. The van der Waals surface area contributed by atoms with Gasteiger partial charge < -0.3 is 19.5 Å². The van der Waals surface area contributed by atoms with Crippen molar-refractivity contribution in [1.29, 1.82) is 0 Å². The molecule has 2 aromatic heterocycles. The molecule has 2 heterocycles. The van der Waals surface area contributed by atoms with Gasteiger partial charge in [0.05, 0.1) is 24.3 Å². The Kier molecular flexibility index (Phi) is 7.82. The Morgan fingerprint density at radius 2 is 1.89 bits per heavy atom. The first-order valence-corrected chi connectivity index (χ1v) is 12.7. The molecule has 0 unspecified atom stereocenters. The van der Waals surface area contributed by atoms with Crippen molar-refractivity contribution >= 4 is 39.7 Å². The van der Waals surface area contributed by atoms with Crippen LogP contribution < -0.4 is 10.1 Å². The number of rotatable bonds is 10. The molecular formula is C27H30N4O3S. The predicted molar refractivity (Wildman–Crippen MR) is 141 cm³/mol. The van der Waals surface area contributed by atoms with Crippen LogP contribution in [0.2, 0.25) is 0 Å². The number of ether oxygens (including phenoxy) is 1. The van der Waals surface area contributed by atoms with Crippen LogP contribution in [0.4, 0.5) is 5.69 Å². The Labute approximate surface area is 209 Å². The maximum absolute atomic E-state index is 12.7. The smallest absolute Gasteiger partial charge is 0.242 e. The van der Waals surface area contributed by atoms with Gasteiger partial charge in [-0.3, -0.25) is 9.59 Å². The number of carbonyl (C=O) groups excluding carboxylic acids is 2. The van der Waals surface area contributed by atoms with Crippen molar-refractivity contribution < 1.29 is 14.3 Å². The van der Waals surface area contributed by atoms with Crippen LogP contribution >= 0.6 is 11.3 Å². The van der Waals surface area contributed by atoms with Crippen molar-refractivity contribution in [2.24, 2.45) is 0 Å². The van der Waals surface area contributed by atoms with E-state index in [4.69, 9.17) is 4.74 Å². The molecule has 0 atom stereocenters. The van der Waals surface area contributed by atoms with E-state index in [2.05, 4.69) is 10.3 Å². The largest absolute Gasteiger partial charge is 0.493 e. The number of likely N-dealkylation sites (N-methyl/N-ethyl adjacent to an activating group) is 1. The molecule has 0 radical (unpaired) electrons. The molecule has 7 nitrogen and oxygen atoms in total. The van der Waals surface area contributed by atoms with E-state index in [1.54, 1.807) is 0 Å². The topological polar surface area (TPSA) is 76.5 Å². The van der Waals surface area contributed by atoms with E-state index in [9.17, 15) is 9.59 Å². The molecule has 0 saturated carbocycles. The number of nitrogens with zero attached hydrogens (tertiary/aromatic N) is 3. The summed E-state index contributed by atoms with van der Waals surface area (Å²) in [5.74, 6) is 0.756. The summed E-state index contributed by atoms with van der Waals surface area (Å²) >= 11 is 1.50. The molecule has 0 bridgehead atoms. The molecule has 0 spiro atoms. The molecule has 0 aliphatic rings. The minimum absolute atomic E-state index is 0.0939. The van der Waals surface area contributed by atoms with Crippen molar-refractivity contribution in [3.05, 3.63) is 65.8 Å². The summed E-state index contributed by atoms with van der Waals surface area (Å²) < 4.78 is 7.65. The molecule has 0 saturated heterocycles. The van der Waals surface area contributed by atoms with E-state index in [1.807, 2.05) is 90.3 Å². The summed E-state index contributed by atoms with van der Waals surface area (Å²) in [5.41, 5.74) is 3.32.